The standard InChI is InChI=1S/C18H30N4O/c1-16-7-4-5-8-17(16)15-21-11-13-22(14-12-21)18(23)19-9-6-10-20(2)3/h4-5,7-8H,6,9-15H2,1-3H3,(H,19,23). The van der Waals surface area contributed by atoms with Crippen molar-refractivity contribution in [2.24, 2.45) is 0 Å². The average Bonchev–Trinajstić information content (AvgIpc) is 2.54. The molecule has 1 saturated heterocycles. The van der Waals surface area contributed by atoms with E-state index in [9.17, 15) is 4.79 Å². The van der Waals surface area contributed by atoms with Crippen molar-refractivity contribution in [3.63, 3.8) is 0 Å². The number of hydrogen-bond donors (Lipinski definition) is 1. The Bertz CT molecular complexity index is 496. The van der Waals surface area contributed by atoms with Gasteiger partial charge in [0.25, 0.3) is 0 Å². The Labute approximate surface area is 140 Å². The van der Waals surface area contributed by atoms with Crippen LogP contribution >= 0.6 is 0 Å². The van der Waals surface area contributed by atoms with Crippen LogP contribution in [0, 0.1) is 6.92 Å². The van der Waals surface area contributed by atoms with Crippen molar-refractivity contribution in [3.8, 4) is 0 Å². The van der Waals surface area contributed by atoms with Gasteiger partial charge in [0.15, 0.2) is 0 Å². The molecule has 0 bridgehead atoms. The fourth-order valence-electron chi connectivity index (χ4n) is 2.84. The summed E-state index contributed by atoms with van der Waals surface area (Å²) in [5, 5.41) is 3.02. The van der Waals surface area contributed by atoms with E-state index < -0.39 is 0 Å². The van der Waals surface area contributed by atoms with Crippen LogP contribution in [0.15, 0.2) is 24.3 Å². The first-order chi connectivity index (χ1) is 11.1. The van der Waals surface area contributed by atoms with Crippen molar-refractivity contribution in [1.29, 1.82) is 0 Å². The van der Waals surface area contributed by atoms with Gasteiger partial charge in [0.1, 0.15) is 0 Å². The SMILES string of the molecule is Cc1ccccc1CN1CCN(C(=O)NCCCN(C)C)CC1. The van der Waals surface area contributed by atoms with Gasteiger partial charge in [-0.2, -0.15) is 0 Å². The minimum absolute atomic E-state index is 0.0827. The zero-order valence-corrected chi connectivity index (χ0v) is 14.7. The van der Waals surface area contributed by atoms with E-state index in [1.165, 1.54) is 11.1 Å². The van der Waals surface area contributed by atoms with Crippen molar-refractivity contribution in [3.05, 3.63) is 35.4 Å². The molecule has 1 fully saturated rings. The highest BCUT2D eigenvalue weighted by Gasteiger charge is 2.20. The highest BCUT2D eigenvalue weighted by atomic mass is 16.2. The predicted molar refractivity (Wildman–Crippen MR) is 94.6 cm³/mol. The molecular formula is C18H30N4O. The molecule has 5 nitrogen and oxygen atoms in total. The van der Waals surface area contributed by atoms with Crippen LogP contribution in [0.4, 0.5) is 4.79 Å². The molecule has 128 valence electrons. The van der Waals surface area contributed by atoms with E-state index in [1.807, 2.05) is 4.90 Å². The minimum atomic E-state index is 0.0827. The van der Waals surface area contributed by atoms with Gasteiger partial charge in [-0.15, -0.1) is 0 Å². The Morgan fingerprint density at radius 1 is 1.17 bits per heavy atom. The van der Waals surface area contributed by atoms with Crippen molar-refractivity contribution in [1.82, 2.24) is 20.0 Å². The lowest BCUT2D eigenvalue weighted by Crippen LogP contribution is -2.51. The lowest BCUT2D eigenvalue weighted by molar-refractivity contribution is 0.135. The summed E-state index contributed by atoms with van der Waals surface area (Å²) in [4.78, 5) is 18.6. The summed E-state index contributed by atoms with van der Waals surface area (Å²) >= 11 is 0. The highest BCUT2D eigenvalue weighted by molar-refractivity contribution is 5.74. The molecule has 0 aromatic heterocycles. The molecule has 2 rings (SSSR count). The summed E-state index contributed by atoms with van der Waals surface area (Å²) in [7, 11) is 4.10. The number of piperazine rings is 1. The summed E-state index contributed by atoms with van der Waals surface area (Å²) in [6.07, 6.45) is 0.992. The normalized spacial score (nSPS) is 15.9. The molecule has 1 aromatic rings. The van der Waals surface area contributed by atoms with Crippen LogP contribution in [-0.2, 0) is 6.54 Å². The van der Waals surface area contributed by atoms with Gasteiger partial charge in [-0.3, -0.25) is 4.90 Å². The van der Waals surface area contributed by atoms with E-state index in [2.05, 4.69) is 60.4 Å². The van der Waals surface area contributed by atoms with E-state index in [-0.39, 0.29) is 6.03 Å². The third kappa shape index (κ3) is 5.84. The van der Waals surface area contributed by atoms with Crippen LogP contribution in [-0.4, -0.2) is 74.1 Å². The van der Waals surface area contributed by atoms with Gasteiger partial charge in [0.05, 0.1) is 0 Å². The van der Waals surface area contributed by atoms with Gasteiger partial charge in [-0.05, 0) is 45.1 Å². The molecule has 1 N–H and O–H groups in total. The number of hydrogen-bond acceptors (Lipinski definition) is 3. The van der Waals surface area contributed by atoms with E-state index in [4.69, 9.17) is 0 Å². The van der Waals surface area contributed by atoms with Crippen LogP contribution in [0.25, 0.3) is 0 Å². The lowest BCUT2D eigenvalue weighted by Gasteiger charge is -2.35. The predicted octanol–water partition coefficient (Wildman–Crippen LogP) is 1.77. The summed E-state index contributed by atoms with van der Waals surface area (Å²) in [6.45, 7) is 8.40. The van der Waals surface area contributed by atoms with Gasteiger partial charge in [0.2, 0.25) is 0 Å². The maximum absolute atomic E-state index is 12.1. The van der Waals surface area contributed by atoms with E-state index in [0.717, 1.165) is 52.2 Å². The van der Waals surface area contributed by atoms with Crippen molar-refractivity contribution in [2.45, 2.75) is 19.9 Å². The van der Waals surface area contributed by atoms with Crippen molar-refractivity contribution in [2.75, 3.05) is 53.4 Å². The Balaban J connectivity index is 1.69. The number of carbonyl (C=O) groups is 1. The van der Waals surface area contributed by atoms with Gasteiger partial charge in [0, 0.05) is 39.3 Å². The van der Waals surface area contributed by atoms with Gasteiger partial charge >= 0.3 is 6.03 Å². The first kappa shape index (κ1) is 17.8. The van der Waals surface area contributed by atoms with Gasteiger partial charge < -0.3 is 15.1 Å². The number of carbonyl (C=O) groups excluding carboxylic acids is 1. The second kappa shape index (κ2) is 8.89. The number of amides is 2. The molecule has 0 aliphatic carbocycles. The summed E-state index contributed by atoms with van der Waals surface area (Å²) in [5.74, 6) is 0. The molecule has 0 unspecified atom stereocenters. The molecule has 1 aromatic carbocycles. The van der Waals surface area contributed by atoms with Crippen LogP contribution in [0.5, 0.6) is 0 Å². The first-order valence-corrected chi connectivity index (χ1v) is 8.50. The van der Waals surface area contributed by atoms with Crippen LogP contribution < -0.4 is 5.32 Å². The molecule has 23 heavy (non-hydrogen) atoms. The average molecular weight is 318 g/mol. The third-order valence-corrected chi connectivity index (χ3v) is 4.37. The Kier molecular flexibility index (Phi) is 6.86. The summed E-state index contributed by atoms with van der Waals surface area (Å²) in [5.41, 5.74) is 2.72. The van der Waals surface area contributed by atoms with Crippen LogP contribution in [0.1, 0.15) is 17.5 Å². The van der Waals surface area contributed by atoms with Crippen LogP contribution in [0.2, 0.25) is 0 Å². The van der Waals surface area contributed by atoms with Crippen LogP contribution in [0.3, 0.4) is 0 Å². The molecule has 5 heteroatoms. The molecule has 2 amide bonds. The second-order valence-electron chi connectivity index (χ2n) is 6.58. The number of nitrogens with one attached hydrogen (secondary N) is 1. The van der Waals surface area contributed by atoms with Crippen molar-refractivity contribution < 1.29 is 4.79 Å². The lowest BCUT2D eigenvalue weighted by atomic mass is 10.1. The highest BCUT2D eigenvalue weighted by Crippen LogP contribution is 2.12. The molecule has 1 heterocycles. The first-order valence-electron chi connectivity index (χ1n) is 8.50. The maximum atomic E-state index is 12.1. The largest absolute Gasteiger partial charge is 0.338 e. The fraction of sp³-hybridized carbons (Fsp3) is 0.611. The fourth-order valence-corrected chi connectivity index (χ4v) is 2.84. The monoisotopic (exact) mass is 318 g/mol. The van der Waals surface area contributed by atoms with E-state index in [1.54, 1.807) is 0 Å². The number of nitrogens with zero attached hydrogens (tertiary/aromatic N) is 3. The summed E-state index contributed by atoms with van der Waals surface area (Å²) < 4.78 is 0. The van der Waals surface area contributed by atoms with E-state index in [0.29, 0.717) is 0 Å². The zero-order chi connectivity index (χ0) is 16.7. The topological polar surface area (TPSA) is 38.8 Å². The Hall–Kier alpha value is -1.59. The summed E-state index contributed by atoms with van der Waals surface area (Å²) in [6, 6.07) is 8.61. The zero-order valence-electron chi connectivity index (χ0n) is 14.7. The quantitative estimate of drug-likeness (QED) is 0.813. The number of benzene rings is 1. The molecular weight excluding hydrogens is 288 g/mol. The molecule has 0 radical (unpaired) electrons. The minimum Gasteiger partial charge on any atom is -0.338 e. The second-order valence-corrected chi connectivity index (χ2v) is 6.58. The molecule has 0 atom stereocenters. The van der Waals surface area contributed by atoms with Gasteiger partial charge in [-0.25, -0.2) is 4.79 Å². The maximum Gasteiger partial charge on any atom is 0.317 e. The smallest absolute Gasteiger partial charge is 0.317 e. The Morgan fingerprint density at radius 3 is 2.52 bits per heavy atom. The van der Waals surface area contributed by atoms with Gasteiger partial charge in [-0.1, -0.05) is 24.3 Å². The Morgan fingerprint density at radius 2 is 1.87 bits per heavy atom. The molecule has 0 spiro atoms. The number of aryl methyl sites for hydroxylation is 1. The molecule has 1 aliphatic heterocycles. The third-order valence-electron chi connectivity index (χ3n) is 4.37. The number of rotatable bonds is 6. The van der Waals surface area contributed by atoms with E-state index >= 15 is 0 Å². The number of urea groups is 1. The van der Waals surface area contributed by atoms with Crippen molar-refractivity contribution >= 4 is 6.03 Å². The molecule has 1 aliphatic rings. The molecule has 0 saturated carbocycles.